The minimum absolute atomic E-state index is 0.142. The fourth-order valence-electron chi connectivity index (χ4n) is 3.06. The van der Waals surface area contributed by atoms with E-state index in [9.17, 15) is 21.6 Å². The van der Waals surface area contributed by atoms with Crippen molar-refractivity contribution in [2.45, 2.75) is 30.7 Å². The van der Waals surface area contributed by atoms with E-state index in [0.717, 1.165) is 22.9 Å². The van der Waals surface area contributed by atoms with Crippen molar-refractivity contribution >= 4 is 21.0 Å². The van der Waals surface area contributed by atoms with Crippen LogP contribution in [0.5, 0.6) is 0 Å². The summed E-state index contributed by atoms with van der Waals surface area (Å²) in [5.41, 5.74) is -3.45. The van der Waals surface area contributed by atoms with Crippen LogP contribution >= 0.6 is 0 Å². The van der Waals surface area contributed by atoms with Crippen molar-refractivity contribution in [2.24, 2.45) is 7.05 Å². The quantitative estimate of drug-likeness (QED) is 0.610. The highest BCUT2D eigenvalue weighted by atomic mass is 32.2. The van der Waals surface area contributed by atoms with Crippen LogP contribution in [0.1, 0.15) is 30.7 Å². The van der Waals surface area contributed by atoms with E-state index in [0.29, 0.717) is 6.42 Å². The summed E-state index contributed by atoms with van der Waals surface area (Å²) in [4.78, 5) is 0. The highest BCUT2D eigenvalue weighted by molar-refractivity contribution is 7.87. The summed E-state index contributed by atoms with van der Waals surface area (Å²) in [7, 11) is -3.72. The minimum atomic E-state index is -5.61. The number of aryl methyl sites for hydroxylation is 1. The number of allylic oxidation sites excluding steroid dienone is 2. The molecule has 1 aromatic carbocycles. The Bertz CT molecular complexity index is 897. The van der Waals surface area contributed by atoms with E-state index in [-0.39, 0.29) is 18.1 Å². The predicted octanol–water partition coefficient (Wildman–Crippen LogP) is 4.20. The van der Waals surface area contributed by atoms with Gasteiger partial charge in [-0.15, -0.1) is 0 Å². The molecular weight excluding hydrogens is 343 g/mol. The normalized spacial score (nSPS) is 19.3. The van der Waals surface area contributed by atoms with Gasteiger partial charge in [-0.1, -0.05) is 18.2 Å². The lowest BCUT2D eigenvalue weighted by Crippen LogP contribution is -2.26. The van der Waals surface area contributed by atoms with Crippen molar-refractivity contribution in [3.05, 3.63) is 47.9 Å². The van der Waals surface area contributed by atoms with Crippen LogP contribution in [-0.2, 0) is 21.3 Å². The highest BCUT2D eigenvalue weighted by Gasteiger charge is 2.49. The topological polar surface area (TPSA) is 48.3 Å². The van der Waals surface area contributed by atoms with E-state index < -0.39 is 15.6 Å². The Hall–Kier alpha value is -1.96. The summed E-state index contributed by atoms with van der Waals surface area (Å²) in [6.07, 6.45) is 4.89. The molecular formula is C16H16F3NO3S. The van der Waals surface area contributed by atoms with Crippen molar-refractivity contribution in [3.63, 3.8) is 0 Å². The van der Waals surface area contributed by atoms with E-state index in [2.05, 4.69) is 4.18 Å². The first-order valence-corrected chi connectivity index (χ1v) is 8.85. The Morgan fingerprint density at radius 3 is 2.67 bits per heavy atom. The molecule has 0 aliphatic heterocycles. The molecule has 130 valence electrons. The Balaban J connectivity index is 1.95. The number of fused-ring (bicyclic) bond motifs is 1. The van der Waals surface area contributed by atoms with Crippen LogP contribution in [0, 0.1) is 0 Å². The number of halogens is 3. The van der Waals surface area contributed by atoms with Crippen LogP contribution in [0.2, 0.25) is 0 Å². The third-order valence-electron chi connectivity index (χ3n) is 4.15. The second-order valence-electron chi connectivity index (χ2n) is 5.83. The molecule has 1 aliphatic carbocycles. The van der Waals surface area contributed by atoms with Crippen LogP contribution < -0.4 is 0 Å². The molecule has 1 atom stereocenters. The zero-order chi connectivity index (χ0) is 17.5. The van der Waals surface area contributed by atoms with Crippen LogP contribution in [0.4, 0.5) is 13.2 Å². The van der Waals surface area contributed by atoms with E-state index in [1.165, 1.54) is 6.08 Å². The van der Waals surface area contributed by atoms with Crippen molar-refractivity contribution in [3.8, 4) is 0 Å². The highest BCUT2D eigenvalue weighted by Crippen LogP contribution is 2.37. The molecule has 0 fully saturated rings. The number of hydrogen-bond donors (Lipinski definition) is 0. The first-order valence-electron chi connectivity index (χ1n) is 7.44. The number of para-hydroxylation sites is 1. The number of hydrogen-bond acceptors (Lipinski definition) is 3. The van der Waals surface area contributed by atoms with Gasteiger partial charge in [0.2, 0.25) is 0 Å². The van der Waals surface area contributed by atoms with E-state index in [1.54, 1.807) is 0 Å². The van der Waals surface area contributed by atoms with Gasteiger partial charge in [-0.05, 0) is 30.5 Å². The fraction of sp³-hybridized carbons (Fsp3) is 0.375. The van der Waals surface area contributed by atoms with Crippen LogP contribution in [0.3, 0.4) is 0 Å². The first kappa shape index (κ1) is 16.9. The fourth-order valence-corrected chi connectivity index (χ4v) is 3.57. The van der Waals surface area contributed by atoms with Crippen molar-refractivity contribution in [1.29, 1.82) is 0 Å². The van der Waals surface area contributed by atoms with Gasteiger partial charge >= 0.3 is 15.6 Å². The van der Waals surface area contributed by atoms with Crippen molar-refractivity contribution in [1.82, 2.24) is 4.57 Å². The van der Waals surface area contributed by atoms with Gasteiger partial charge in [-0.3, -0.25) is 0 Å². The van der Waals surface area contributed by atoms with Crippen molar-refractivity contribution in [2.75, 3.05) is 0 Å². The number of rotatable bonds is 3. The van der Waals surface area contributed by atoms with E-state index >= 15 is 0 Å². The molecule has 1 aromatic heterocycles. The molecule has 0 saturated heterocycles. The molecule has 24 heavy (non-hydrogen) atoms. The lowest BCUT2D eigenvalue weighted by atomic mass is 9.88. The molecule has 1 aliphatic rings. The number of benzene rings is 1. The number of aromatic nitrogens is 1. The molecule has 1 unspecified atom stereocenters. The molecule has 4 nitrogen and oxygen atoms in total. The molecule has 2 aromatic rings. The average molecular weight is 359 g/mol. The standard InChI is InChI=1S/C16H16F3NO3S/c1-20-10-14(13-7-2-3-8-15(13)20)11-5-4-6-12(9-11)23-24(21,22)16(17,18)19/h2-3,7-11H,4-6H2,1H3. The van der Waals surface area contributed by atoms with Crippen molar-refractivity contribution < 1.29 is 25.8 Å². The monoisotopic (exact) mass is 359 g/mol. The maximum absolute atomic E-state index is 12.5. The lowest BCUT2D eigenvalue weighted by molar-refractivity contribution is -0.0524. The molecule has 8 heteroatoms. The van der Waals surface area contributed by atoms with Gasteiger partial charge in [-0.25, -0.2) is 0 Å². The molecule has 1 heterocycles. The van der Waals surface area contributed by atoms with Crippen LogP contribution in [0.25, 0.3) is 10.9 Å². The number of nitrogens with zero attached hydrogens (tertiary/aromatic N) is 1. The molecule has 0 amide bonds. The zero-order valence-electron chi connectivity index (χ0n) is 12.9. The molecule has 0 spiro atoms. The molecule has 0 bridgehead atoms. The molecule has 0 N–H and O–H groups in total. The summed E-state index contributed by atoms with van der Waals surface area (Å²) < 4.78 is 66.1. The van der Waals surface area contributed by atoms with Gasteiger partial charge in [0.05, 0.1) is 0 Å². The maximum Gasteiger partial charge on any atom is 0.534 e. The van der Waals surface area contributed by atoms with Gasteiger partial charge in [-0.2, -0.15) is 21.6 Å². The molecule has 3 rings (SSSR count). The minimum Gasteiger partial charge on any atom is -0.381 e. The van der Waals surface area contributed by atoms with Gasteiger partial charge in [0.1, 0.15) is 5.76 Å². The SMILES string of the molecule is Cn1cc(C2C=C(OS(=O)(=O)C(F)(F)F)CCC2)c2ccccc21. The lowest BCUT2D eigenvalue weighted by Gasteiger charge is -2.21. The summed E-state index contributed by atoms with van der Waals surface area (Å²) in [5.74, 6) is -0.320. The zero-order valence-corrected chi connectivity index (χ0v) is 13.7. The maximum atomic E-state index is 12.5. The first-order chi connectivity index (χ1) is 11.2. The van der Waals surface area contributed by atoms with Gasteiger partial charge in [0.15, 0.2) is 0 Å². The smallest absolute Gasteiger partial charge is 0.381 e. The van der Waals surface area contributed by atoms with E-state index in [1.807, 2.05) is 42.1 Å². The second-order valence-corrected chi connectivity index (χ2v) is 7.37. The Morgan fingerprint density at radius 2 is 1.96 bits per heavy atom. The predicted molar refractivity (Wildman–Crippen MR) is 83.7 cm³/mol. The van der Waals surface area contributed by atoms with Gasteiger partial charge < -0.3 is 8.75 Å². The summed E-state index contributed by atoms with van der Waals surface area (Å²) in [6.45, 7) is 0. The molecule has 0 radical (unpaired) electrons. The Kier molecular flexibility index (Phi) is 4.11. The van der Waals surface area contributed by atoms with Gasteiger partial charge in [0, 0.05) is 36.5 Å². The van der Waals surface area contributed by atoms with Crippen LogP contribution in [-0.4, -0.2) is 18.5 Å². The van der Waals surface area contributed by atoms with E-state index in [4.69, 9.17) is 0 Å². The van der Waals surface area contributed by atoms with Crippen LogP contribution in [0.15, 0.2) is 42.3 Å². The largest absolute Gasteiger partial charge is 0.534 e. The summed E-state index contributed by atoms with van der Waals surface area (Å²) in [5, 5.41) is 1.00. The second kappa shape index (κ2) is 5.84. The molecule has 0 saturated carbocycles. The third-order valence-corrected chi connectivity index (χ3v) is 5.15. The summed E-state index contributed by atoms with van der Waals surface area (Å²) in [6, 6.07) is 7.70. The number of alkyl halides is 3. The average Bonchev–Trinajstić information content (AvgIpc) is 2.84. The third kappa shape index (κ3) is 3.02. The summed E-state index contributed by atoms with van der Waals surface area (Å²) >= 11 is 0. The van der Waals surface area contributed by atoms with Gasteiger partial charge in [0.25, 0.3) is 0 Å². The Labute approximate surface area is 137 Å². The Morgan fingerprint density at radius 1 is 1.25 bits per heavy atom.